The predicted octanol–water partition coefficient (Wildman–Crippen LogP) is 2.21. The number of carbonyl (C=O) groups excluding carboxylic acids is 1. The number of nitrogens with one attached hydrogen (secondary N) is 1. The Kier molecular flexibility index (Phi) is 7.96. The quantitative estimate of drug-likeness (QED) is 0.590. The highest BCUT2D eigenvalue weighted by Gasteiger charge is 2.31. The average molecular weight is 416 g/mol. The Morgan fingerprint density at radius 2 is 1.80 bits per heavy atom. The molecule has 2 aliphatic heterocycles. The van der Waals surface area contributed by atoms with Crippen LogP contribution in [0.3, 0.4) is 0 Å². The lowest BCUT2D eigenvalue weighted by atomic mass is 9.85. The number of piperazine rings is 1. The van der Waals surface area contributed by atoms with Gasteiger partial charge in [0.1, 0.15) is 5.75 Å². The van der Waals surface area contributed by atoms with Crippen molar-refractivity contribution >= 4 is 11.9 Å². The third kappa shape index (κ3) is 5.45. The molecule has 0 radical (unpaired) electrons. The van der Waals surface area contributed by atoms with E-state index in [2.05, 4.69) is 53.4 Å². The highest BCUT2D eigenvalue weighted by Crippen LogP contribution is 2.35. The number of amides is 1. The Bertz CT molecular complexity index is 713. The fourth-order valence-electron chi connectivity index (χ4n) is 4.64. The molecule has 7 nitrogen and oxygen atoms in total. The van der Waals surface area contributed by atoms with E-state index in [1.165, 1.54) is 18.4 Å². The molecule has 2 atom stereocenters. The maximum atomic E-state index is 11.6. The highest BCUT2D eigenvalue weighted by atomic mass is 16.5. The van der Waals surface area contributed by atoms with Crippen LogP contribution < -0.4 is 10.1 Å². The minimum absolute atomic E-state index is 0.157. The molecule has 0 spiro atoms. The number of benzene rings is 1. The third-order valence-corrected chi connectivity index (χ3v) is 6.30. The summed E-state index contributed by atoms with van der Waals surface area (Å²) in [6.07, 6.45) is 2.39. The first-order valence-corrected chi connectivity index (χ1v) is 11.2. The SMILES string of the molecule is CCNC(=NCC1CCCN(C)C1c1ccc(OC)cc1)N1CCN(C(C)=O)CC1. The lowest BCUT2D eigenvalue weighted by molar-refractivity contribution is -0.130. The minimum Gasteiger partial charge on any atom is -0.497 e. The van der Waals surface area contributed by atoms with Crippen molar-refractivity contribution in [1.82, 2.24) is 20.0 Å². The number of methoxy groups -OCH3 is 1. The molecule has 1 amide bonds. The van der Waals surface area contributed by atoms with Gasteiger partial charge >= 0.3 is 0 Å². The van der Waals surface area contributed by atoms with Gasteiger partial charge in [0.25, 0.3) is 0 Å². The van der Waals surface area contributed by atoms with Gasteiger partial charge in [0.05, 0.1) is 7.11 Å². The number of piperidine rings is 1. The molecule has 7 heteroatoms. The van der Waals surface area contributed by atoms with Crippen molar-refractivity contribution < 1.29 is 9.53 Å². The van der Waals surface area contributed by atoms with Crippen LogP contribution in [-0.4, -0.2) is 86.5 Å². The topological polar surface area (TPSA) is 60.4 Å². The smallest absolute Gasteiger partial charge is 0.219 e. The lowest BCUT2D eigenvalue weighted by Gasteiger charge is -2.40. The van der Waals surface area contributed by atoms with Crippen LogP contribution >= 0.6 is 0 Å². The lowest BCUT2D eigenvalue weighted by Crippen LogP contribution is -2.53. The Labute approximate surface area is 181 Å². The van der Waals surface area contributed by atoms with Crippen LogP contribution in [0.2, 0.25) is 0 Å². The van der Waals surface area contributed by atoms with Crippen LogP contribution in [0.15, 0.2) is 29.3 Å². The molecule has 1 aromatic carbocycles. The molecule has 2 aliphatic rings. The average Bonchev–Trinajstić information content (AvgIpc) is 2.77. The second-order valence-corrected chi connectivity index (χ2v) is 8.29. The van der Waals surface area contributed by atoms with Crippen molar-refractivity contribution in [3.63, 3.8) is 0 Å². The van der Waals surface area contributed by atoms with Gasteiger partial charge in [0.15, 0.2) is 5.96 Å². The third-order valence-electron chi connectivity index (χ3n) is 6.30. The molecule has 3 rings (SSSR count). The van der Waals surface area contributed by atoms with Gasteiger partial charge in [-0.15, -0.1) is 0 Å². The van der Waals surface area contributed by atoms with Gasteiger partial charge in [-0.25, -0.2) is 0 Å². The molecule has 0 aromatic heterocycles. The van der Waals surface area contributed by atoms with E-state index in [1.807, 2.05) is 4.90 Å². The van der Waals surface area contributed by atoms with Crippen molar-refractivity contribution in [2.45, 2.75) is 32.7 Å². The summed E-state index contributed by atoms with van der Waals surface area (Å²) in [6, 6.07) is 8.85. The largest absolute Gasteiger partial charge is 0.497 e. The minimum atomic E-state index is 0.157. The number of guanidine groups is 1. The van der Waals surface area contributed by atoms with E-state index in [4.69, 9.17) is 9.73 Å². The van der Waals surface area contributed by atoms with Gasteiger partial charge in [-0.3, -0.25) is 14.7 Å². The molecule has 1 aromatic rings. The van der Waals surface area contributed by atoms with Gasteiger partial charge < -0.3 is 19.9 Å². The number of hydrogen-bond acceptors (Lipinski definition) is 4. The van der Waals surface area contributed by atoms with E-state index in [-0.39, 0.29) is 5.91 Å². The Morgan fingerprint density at radius 1 is 1.13 bits per heavy atom. The summed E-state index contributed by atoms with van der Waals surface area (Å²) in [4.78, 5) is 23.3. The second-order valence-electron chi connectivity index (χ2n) is 8.29. The Balaban J connectivity index is 1.71. The summed E-state index contributed by atoms with van der Waals surface area (Å²) in [5.41, 5.74) is 1.33. The monoisotopic (exact) mass is 415 g/mol. The zero-order valence-corrected chi connectivity index (χ0v) is 18.9. The first kappa shape index (κ1) is 22.4. The van der Waals surface area contributed by atoms with Crippen molar-refractivity contribution in [3.8, 4) is 5.75 Å². The van der Waals surface area contributed by atoms with Gasteiger partial charge in [0.2, 0.25) is 5.91 Å². The predicted molar refractivity (Wildman–Crippen MR) is 121 cm³/mol. The van der Waals surface area contributed by atoms with Crippen molar-refractivity contribution in [3.05, 3.63) is 29.8 Å². The molecule has 166 valence electrons. The first-order chi connectivity index (χ1) is 14.5. The van der Waals surface area contributed by atoms with Gasteiger partial charge in [-0.05, 0) is 57.0 Å². The van der Waals surface area contributed by atoms with E-state index in [1.54, 1.807) is 14.0 Å². The summed E-state index contributed by atoms with van der Waals surface area (Å²) in [5.74, 6) is 2.50. The van der Waals surface area contributed by atoms with E-state index < -0.39 is 0 Å². The molecule has 30 heavy (non-hydrogen) atoms. The van der Waals surface area contributed by atoms with Gasteiger partial charge in [0, 0.05) is 52.2 Å². The summed E-state index contributed by atoms with van der Waals surface area (Å²) < 4.78 is 5.33. The van der Waals surface area contributed by atoms with Gasteiger partial charge in [-0.2, -0.15) is 0 Å². The van der Waals surface area contributed by atoms with Crippen LogP contribution in [0.25, 0.3) is 0 Å². The summed E-state index contributed by atoms with van der Waals surface area (Å²) in [5, 5.41) is 3.46. The van der Waals surface area contributed by atoms with Crippen LogP contribution in [0.5, 0.6) is 5.75 Å². The van der Waals surface area contributed by atoms with Crippen LogP contribution in [0.1, 0.15) is 38.3 Å². The van der Waals surface area contributed by atoms with Crippen molar-refractivity contribution in [1.29, 1.82) is 0 Å². The standard InChI is InChI=1S/C23H37N5O2/c1-5-24-23(28-15-13-27(14-16-28)18(2)29)25-17-20-7-6-12-26(3)22(20)19-8-10-21(30-4)11-9-19/h8-11,20,22H,5-7,12-17H2,1-4H3,(H,24,25). The first-order valence-electron chi connectivity index (χ1n) is 11.2. The number of hydrogen-bond donors (Lipinski definition) is 1. The molecular weight excluding hydrogens is 378 g/mol. The summed E-state index contributed by atoms with van der Waals surface area (Å²) in [6.45, 7) is 9.71. The maximum Gasteiger partial charge on any atom is 0.219 e. The number of likely N-dealkylation sites (tertiary alicyclic amines) is 1. The van der Waals surface area contributed by atoms with Crippen molar-refractivity contribution in [2.75, 3.05) is 60.0 Å². The maximum absolute atomic E-state index is 11.6. The molecule has 2 heterocycles. The number of ether oxygens (including phenoxy) is 1. The van der Waals surface area contributed by atoms with E-state index >= 15 is 0 Å². The molecule has 2 fully saturated rings. The van der Waals surface area contributed by atoms with Crippen LogP contribution in [0.4, 0.5) is 0 Å². The zero-order chi connectivity index (χ0) is 21.5. The Hall–Kier alpha value is -2.28. The number of aliphatic imine (C=N–C) groups is 1. The van der Waals surface area contributed by atoms with E-state index in [9.17, 15) is 4.79 Å². The van der Waals surface area contributed by atoms with E-state index in [0.717, 1.165) is 57.5 Å². The fourth-order valence-corrected chi connectivity index (χ4v) is 4.64. The molecule has 2 unspecified atom stereocenters. The highest BCUT2D eigenvalue weighted by molar-refractivity contribution is 5.80. The van der Waals surface area contributed by atoms with E-state index in [0.29, 0.717) is 12.0 Å². The molecule has 2 saturated heterocycles. The molecular formula is C23H37N5O2. The Morgan fingerprint density at radius 3 is 2.40 bits per heavy atom. The molecule has 0 aliphatic carbocycles. The number of nitrogens with zero attached hydrogens (tertiary/aromatic N) is 4. The molecule has 0 bridgehead atoms. The second kappa shape index (κ2) is 10.7. The van der Waals surface area contributed by atoms with Gasteiger partial charge in [-0.1, -0.05) is 12.1 Å². The number of carbonyl (C=O) groups is 1. The molecule has 0 saturated carbocycles. The summed E-state index contributed by atoms with van der Waals surface area (Å²) >= 11 is 0. The van der Waals surface area contributed by atoms with Crippen LogP contribution in [0, 0.1) is 5.92 Å². The summed E-state index contributed by atoms with van der Waals surface area (Å²) in [7, 11) is 3.93. The normalized spacial score (nSPS) is 23.4. The van der Waals surface area contributed by atoms with Crippen LogP contribution in [-0.2, 0) is 4.79 Å². The fraction of sp³-hybridized carbons (Fsp3) is 0.652. The van der Waals surface area contributed by atoms with Crippen molar-refractivity contribution in [2.24, 2.45) is 10.9 Å². The number of rotatable bonds is 5. The molecule has 1 N–H and O–H groups in total. The zero-order valence-electron chi connectivity index (χ0n) is 18.9.